The minimum Gasteiger partial charge on any atom is -0.463 e. The van der Waals surface area contributed by atoms with Gasteiger partial charge in [-0.3, -0.25) is 0 Å². The van der Waals surface area contributed by atoms with Crippen molar-refractivity contribution in [3.05, 3.63) is 29.8 Å². The molecule has 1 aromatic heterocycles. The number of hydrogen-bond acceptors (Lipinski definition) is 4. The van der Waals surface area contributed by atoms with E-state index in [1.807, 2.05) is 38.1 Å². The summed E-state index contributed by atoms with van der Waals surface area (Å²) in [4.78, 5) is 4.03. The van der Waals surface area contributed by atoms with Crippen molar-refractivity contribution in [1.29, 1.82) is 0 Å². The van der Waals surface area contributed by atoms with E-state index < -0.39 is 0 Å². The summed E-state index contributed by atoms with van der Waals surface area (Å²) in [6.45, 7) is 4.40. The summed E-state index contributed by atoms with van der Waals surface area (Å²) in [7, 11) is 0. The third-order valence-corrected chi connectivity index (χ3v) is 2.23. The van der Waals surface area contributed by atoms with Crippen molar-refractivity contribution >= 4 is 5.95 Å². The maximum absolute atomic E-state index is 5.78. The van der Waals surface area contributed by atoms with E-state index in [1.165, 1.54) is 0 Å². The molecule has 1 aromatic carbocycles. The Hall–Kier alpha value is -2.04. The molecule has 0 aliphatic carbocycles. The van der Waals surface area contributed by atoms with Gasteiger partial charge in [0.25, 0.3) is 0 Å². The van der Waals surface area contributed by atoms with Crippen LogP contribution in [-0.4, -0.2) is 21.4 Å². The minimum atomic E-state index is 0.309. The molecular formula is C11H14N4O. The van der Waals surface area contributed by atoms with Crippen LogP contribution in [0.1, 0.15) is 12.5 Å². The Labute approximate surface area is 93.9 Å². The quantitative estimate of drug-likeness (QED) is 0.849. The number of nitrogens with two attached hydrogens (primary N) is 1. The molecule has 0 atom stereocenters. The van der Waals surface area contributed by atoms with Gasteiger partial charge in [-0.25, -0.2) is 0 Å². The molecule has 0 fully saturated rings. The second-order valence-corrected chi connectivity index (χ2v) is 3.38. The van der Waals surface area contributed by atoms with Crippen molar-refractivity contribution < 1.29 is 4.74 Å². The fourth-order valence-corrected chi connectivity index (χ4v) is 1.47. The van der Waals surface area contributed by atoms with Gasteiger partial charge in [-0.1, -0.05) is 18.2 Å². The van der Waals surface area contributed by atoms with Gasteiger partial charge >= 0.3 is 6.01 Å². The SMILES string of the molecule is CCOc1nc(N)n(-c2ccccc2C)n1. The maximum atomic E-state index is 5.78. The molecule has 16 heavy (non-hydrogen) atoms. The molecule has 0 unspecified atom stereocenters. The summed E-state index contributed by atoms with van der Waals surface area (Å²) in [6.07, 6.45) is 0. The van der Waals surface area contributed by atoms with Gasteiger partial charge in [-0.2, -0.15) is 9.67 Å². The Balaban J connectivity index is 2.44. The van der Waals surface area contributed by atoms with Crippen molar-refractivity contribution in [3.8, 4) is 11.7 Å². The van der Waals surface area contributed by atoms with E-state index in [-0.39, 0.29) is 0 Å². The highest BCUT2D eigenvalue weighted by molar-refractivity contribution is 5.43. The summed E-state index contributed by atoms with van der Waals surface area (Å²) >= 11 is 0. The second-order valence-electron chi connectivity index (χ2n) is 3.38. The lowest BCUT2D eigenvalue weighted by Crippen LogP contribution is -2.04. The zero-order valence-corrected chi connectivity index (χ0v) is 9.34. The average molecular weight is 218 g/mol. The molecule has 84 valence electrons. The summed E-state index contributed by atoms with van der Waals surface area (Å²) < 4.78 is 6.79. The molecule has 2 aromatic rings. The molecule has 2 rings (SSSR count). The lowest BCUT2D eigenvalue weighted by Gasteiger charge is -2.05. The summed E-state index contributed by atoms with van der Waals surface area (Å²) in [6, 6.07) is 8.15. The van der Waals surface area contributed by atoms with Gasteiger partial charge in [0.05, 0.1) is 12.3 Å². The van der Waals surface area contributed by atoms with Crippen LogP contribution < -0.4 is 10.5 Å². The van der Waals surface area contributed by atoms with Gasteiger partial charge in [-0.05, 0) is 25.5 Å². The fraction of sp³-hybridized carbons (Fsp3) is 0.273. The number of aryl methyl sites for hydroxylation is 1. The molecule has 0 amide bonds. The highest BCUT2D eigenvalue weighted by Gasteiger charge is 2.10. The molecule has 0 radical (unpaired) electrons. The van der Waals surface area contributed by atoms with E-state index in [2.05, 4.69) is 10.1 Å². The van der Waals surface area contributed by atoms with Gasteiger partial charge in [0.2, 0.25) is 5.95 Å². The molecule has 0 bridgehead atoms. The van der Waals surface area contributed by atoms with Gasteiger partial charge in [0.15, 0.2) is 0 Å². The van der Waals surface area contributed by atoms with Crippen molar-refractivity contribution in [2.75, 3.05) is 12.3 Å². The number of anilines is 1. The predicted octanol–water partition coefficient (Wildman–Crippen LogP) is 1.56. The standard InChI is InChI=1S/C11H14N4O/c1-3-16-11-13-10(12)15(14-11)9-7-5-4-6-8(9)2/h4-7H,3H2,1-2H3,(H2,12,13,14). The van der Waals surface area contributed by atoms with E-state index in [1.54, 1.807) is 4.68 Å². The summed E-state index contributed by atoms with van der Waals surface area (Å²) in [5, 5.41) is 4.19. The molecule has 5 heteroatoms. The van der Waals surface area contributed by atoms with Gasteiger partial charge in [-0.15, -0.1) is 5.10 Å². The number of benzene rings is 1. The first-order chi connectivity index (χ1) is 7.72. The van der Waals surface area contributed by atoms with Crippen molar-refractivity contribution in [3.63, 3.8) is 0 Å². The van der Waals surface area contributed by atoms with Gasteiger partial charge in [0, 0.05) is 0 Å². The van der Waals surface area contributed by atoms with E-state index in [4.69, 9.17) is 10.5 Å². The molecule has 1 heterocycles. The topological polar surface area (TPSA) is 66.0 Å². The minimum absolute atomic E-state index is 0.309. The Morgan fingerprint density at radius 2 is 2.12 bits per heavy atom. The Bertz CT molecular complexity index is 492. The van der Waals surface area contributed by atoms with Crippen molar-refractivity contribution in [2.45, 2.75) is 13.8 Å². The zero-order valence-electron chi connectivity index (χ0n) is 9.34. The number of hydrogen-bond donors (Lipinski definition) is 1. The summed E-state index contributed by atoms with van der Waals surface area (Å²) in [5.74, 6) is 0.331. The fourth-order valence-electron chi connectivity index (χ4n) is 1.47. The molecule has 2 N–H and O–H groups in total. The third-order valence-electron chi connectivity index (χ3n) is 2.23. The molecule has 0 saturated carbocycles. The highest BCUT2D eigenvalue weighted by atomic mass is 16.5. The van der Waals surface area contributed by atoms with Crippen LogP contribution in [-0.2, 0) is 0 Å². The second kappa shape index (κ2) is 4.22. The Kier molecular flexibility index (Phi) is 2.76. The van der Waals surface area contributed by atoms with Crippen molar-refractivity contribution in [1.82, 2.24) is 14.8 Å². The Morgan fingerprint density at radius 3 is 2.81 bits per heavy atom. The van der Waals surface area contributed by atoms with Crippen LogP contribution in [0.5, 0.6) is 6.01 Å². The van der Waals surface area contributed by atoms with Crippen LogP contribution in [0.2, 0.25) is 0 Å². The number of aromatic nitrogens is 3. The van der Waals surface area contributed by atoms with E-state index in [9.17, 15) is 0 Å². The van der Waals surface area contributed by atoms with Crippen LogP contribution in [0.15, 0.2) is 24.3 Å². The highest BCUT2D eigenvalue weighted by Crippen LogP contribution is 2.17. The number of nitrogen functional groups attached to an aromatic ring is 1. The van der Waals surface area contributed by atoms with E-state index in [0.29, 0.717) is 18.6 Å². The molecule has 0 aliphatic heterocycles. The number of ether oxygens (including phenoxy) is 1. The first kappa shape index (κ1) is 10.5. The Morgan fingerprint density at radius 1 is 1.38 bits per heavy atom. The molecular weight excluding hydrogens is 204 g/mol. The third kappa shape index (κ3) is 1.84. The molecule has 0 saturated heterocycles. The van der Waals surface area contributed by atoms with Crippen molar-refractivity contribution in [2.24, 2.45) is 0 Å². The van der Waals surface area contributed by atoms with Gasteiger partial charge < -0.3 is 10.5 Å². The smallest absolute Gasteiger partial charge is 0.337 e. The largest absolute Gasteiger partial charge is 0.463 e. The molecule has 0 spiro atoms. The molecule has 0 aliphatic rings. The average Bonchev–Trinajstić information content (AvgIpc) is 2.61. The maximum Gasteiger partial charge on any atom is 0.337 e. The normalized spacial score (nSPS) is 10.4. The van der Waals surface area contributed by atoms with E-state index >= 15 is 0 Å². The van der Waals surface area contributed by atoms with Crippen LogP contribution >= 0.6 is 0 Å². The van der Waals surface area contributed by atoms with E-state index in [0.717, 1.165) is 11.3 Å². The first-order valence-electron chi connectivity index (χ1n) is 5.13. The predicted molar refractivity (Wildman–Crippen MR) is 61.7 cm³/mol. The van der Waals surface area contributed by atoms with Gasteiger partial charge in [0.1, 0.15) is 0 Å². The number of para-hydroxylation sites is 1. The van der Waals surface area contributed by atoms with Crippen LogP contribution in [0, 0.1) is 6.92 Å². The lowest BCUT2D eigenvalue weighted by molar-refractivity contribution is 0.312. The molecule has 5 nitrogen and oxygen atoms in total. The number of nitrogens with zero attached hydrogens (tertiary/aromatic N) is 3. The van der Waals surface area contributed by atoms with Crippen LogP contribution in [0.4, 0.5) is 5.95 Å². The zero-order chi connectivity index (χ0) is 11.5. The van der Waals surface area contributed by atoms with Crippen LogP contribution in [0.25, 0.3) is 5.69 Å². The monoisotopic (exact) mass is 218 g/mol. The first-order valence-corrected chi connectivity index (χ1v) is 5.13. The van der Waals surface area contributed by atoms with Crippen LogP contribution in [0.3, 0.4) is 0 Å². The lowest BCUT2D eigenvalue weighted by atomic mass is 10.2. The summed E-state index contributed by atoms with van der Waals surface area (Å²) in [5.41, 5.74) is 7.78. The number of rotatable bonds is 3.